The molecule has 0 aliphatic rings. The number of carbonyl (C=O) groups excluding carboxylic acids is 1. The molecule has 3 aromatic rings. The molecule has 21 heavy (non-hydrogen) atoms. The Hall–Kier alpha value is -2.34. The molecular formula is C15H11BrN2O3. The first-order valence-corrected chi connectivity index (χ1v) is 7.04. The van der Waals surface area contributed by atoms with Gasteiger partial charge in [-0.3, -0.25) is 0 Å². The van der Waals surface area contributed by atoms with E-state index in [4.69, 9.17) is 9.15 Å². The molecule has 6 heteroatoms. The van der Waals surface area contributed by atoms with Crippen molar-refractivity contribution in [1.29, 1.82) is 0 Å². The van der Waals surface area contributed by atoms with Gasteiger partial charge in [0.15, 0.2) is 5.58 Å². The first-order chi connectivity index (χ1) is 10.2. The van der Waals surface area contributed by atoms with Gasteiger partial charge in [-0.1, -0.05) is 46.3 Å². The summed E-state index contributed by atoms with van der Waals surface area (Å²) in [5.74, 6) is 0. The van der Waals surface area contributed by atoms with Crippen LogP contribution >= 0.6 is 15.9 Å². The Bertz CT molecular complexity index is 771. The number of aromatic nitrogens is 1. The van der Waals surface area contributed by atoms with Gasteiger partial charge in [-0.25, -0.2) is 10.1 Å². The van der Waals surface area contributed by atoms with Gasteiger partial charge >= 0.3 is 12.1 Å². The van der Waals surface area contributed by atoms with Crippen LogP contribution in [0.2, 0.25) is 0 Å². The van der Waals surface area contributed by atoms with Crippen molar-refractivity contribution in [2.75, 3.05) is 5.32 Å². The lowest BCUT2D eigenvalue weighted by Crippen LogP contribution is -2.13. The number of anilines is 1. The summed E-state index contributed by atoms with van der Waals surface area (Å²) >= 11 is 3.34. The number of hydrogen-bond donors (Lipinski definition) is 1. The van der Waals surface area contributed by atoms with Gasteiger partial charge in [-0.05, 0) is 23.8 Å². The molecule has 2 aromatic carbocycles. The third-order valence-corrected chi connectivity index (χ3v) is 3.27. The molecule has 0 radical (unpaired) electrons. The Balaban J connectivity index is 1.63. The lowest BCUT2D eigenvalue weighted by Gasteiger charge is -2.03. The highest BCUT2D eigenvalue weighted by Crippen LogP contribution is 2.22. The number of rotatable bonds is 3. The van der Waals surface area contributed by atoms with E-state index in [0.29, 0.717) is 11.1 Å². The van der Waals surface area contributed by atoms with E-state index < -0.39 is 6.09 Å². The van der Waals surface area contributed by atoms with Crippen molar-refractivity contribution in [3.63, 3.8) is 0 Å². The molecule has 1 amide bonds. The van der Waals surface area contributed by atoms with Crippen LogP contribution in [0.4, 0.5) is 10.8 Å². The second-order valence-electron chi connectivity index (χ2n) is 4.32. The van der Waals surface area contributed by atoms with Crippen LogP contribution in [0.25, 0.3) is 11.1 Å². The maximum Gasteiger partial charge on any atom is 0.415 e. The highest BCUT2D eigenvalue weighted by molar-refractivity contribution is 9.10. The van der Waals surface area contributed by atoms with Gasteiger partial charge in [0.2, 0.25) is 0 Å². The number of carbonyl (C=O) groups is 1. The second-order valence-corrected chi connectivity index (χ2v) is 5.23. The largest absolute Gasteiger partial charge is 0.444 e. The third-order valence-electron chi connectivity index (χ3n) is 2.77. The molecule has 0 bridgehead atoms. The van der Waals surface area contributed by atoms with Gasteiger partial charge in [-0.2, -0.15) is 4.98 Å². The first-order valence-electron chi connectivity index (χ1n) is 6.24. The van der Waals surface area contributed by atoms with Gasteiger partial charge in [0.05, 0.1) is 0 Å². The number of amides is 1. The van der Waals surface area contributed by atoms with Crippen molar-refractivity contribution in [2.45, 2.75) is 6.61 Å². The maximum absolute atomic E-state index is 11.7. The zero-order chi connectivity index (χ0) is 14.7. The van der Waals surface area contributed by atoms with Crippen LogP contribution in [0, 0.1) is 0 Å². The van der Waals surface area contributed by atoms with Crippen LogP contribution < -0.4 is 5.32 Å². The summed E-state index contributed by atoms with van der Waals surface area (Å²) in [4.78, 5) is 15.8. The van der Waals surface area contributed by atoms with Crippen LogP contribution in [0.3, 0.4) is 0 Å². The van der Waals surface area contributed by atoms with Gasteiger partial charge in [0.1, 0.15) is 12.1 Å². The molecule has 0 aliphatic carbocycles. The molecule has 1 heterocycles. The normalized spacial score (nSPS) is 10.5. The van der Waals surface area contributed by atoms with Gasteiger partial charge in [-0.15, -0.1) is 0 Å². The van der Waals surface area contributed by atoms with Crippen LogP contribution in [0.5, 0.6) is 0 Å². The number of nitrogens with zero attached hydrogens (tertiary/aromatic N) is 1. The molecule has 3 rings (SSSR count). The molecule has 0 spiro atoms. The number of fused-ring (bicyclic) bond motifs is 1. The van der Waals surface area contributed by atoms with Crippen molar-refractivity contribution in [1.82, 2.24) is 4.98 Å². The Morgan fingerprint density at radius 3 is 2.86 bits per heavy atom. The van der Waals surface area contributed by atoms with Gasteiger partial charge in [0, 0.05) is 4.47 Å². The van der Waals surface area contributed by atoms with Crippen molar-refractivity contribution >= 4 is 39.1 Å². The average molecular weight is 347 g/mol. The predicted octanol–water partition coefficient (Wildman–Crippen LogP) is 4.34. The van der Waals surface area contributed by atoms with Gasteiger partial charge in [0.25, 0.3) is 0 Å². The quantitative estimate of drug-likeness (QED) is 0.766. The minimum Gasteiger partial charge on any atom is -0.444 e. The summed E-state index contributed by atoms with van der Waals surface area (Å²) in [5.41, 5.74) is 2.16. The standard InChI is InChI=1S/C15H11BrN2O3/c16-11-6-7-12-13(8-11)21-14(17-12)18-15(19)20-9-10-4-2-1-3-5-10/h1-8H,9H2,(H,17,18,19). The summed E-state index contributed by atoms with van der Waals surface area (Å²) in [6, 6.07) is 15.0. The number of ether oxygens (including phenoxy) is 1. The van der Waals surface area contributed by atoms with E-state index in [1.807, 2.05) is 36.4 Å². The summed E-state index contributed by atoms with van der Waals surface area (Å²) in [6.45, 7) is 0.193. The van der Waals surface area contributed by atoms with E-state index in [2.05, 4.69) is 26.2 Å². The smallest absolute Gasteiger partial charge is 0.415 e. The Morgan fingerprint density at radius 2 is 2.05 bits per heavy atom. The lowest BCUT2D eigenvalue weighted by atomic mass is 10.2. The third kappa shape index (κ3) is 3.41. The van der Waals surface area contributed by atoms with Gasteiger partial charge < -0.3 is 9.15 Å². The molecule has 0 atom stereocenters. The summed E-state index contributed by atoms with van der Waals surface area (Å²) in [6.07, 6.45) is -0.607. The zero-order valence-corrected chi connectivity index (χ0v) is 12.5. The molecule has 5 nitrogen and oxygen atoms in total. The van der Waals surface area contributed by atoms with E-state index in [-0.39, 0.29) is 12.6 Å². The average Bonchev–Trinajstić information content (AvgIpc) is 2.87. The highest BCUT2D eigenvalue weighted by atomic mass is 79.9. The number of halogens is 1. The fourth-order valence-electron chi connectivity index (χ4n) is 1.80. The Kier molecular flexibility index (Phi) is 3.87. The minimum absolute atomic E-state index is 0.112. The number of nitrogens with one attached hydrogen (secondary N) is 1. The second kappa shape index (κ2) is 5.97. The number of hydrogen-bond acceptors (Lipinski definition) is 4. The van der Waals surface area contributed by atoms with E-state index in [9.17, 15) is 4.79 Å². The van der Waals surface area contributed by atoms with Crippen molar-refractivity contribution < 1.29 is 13.9 Å². The molecule has 1 N–H and O–H groups in total. The van der Waals surface area contributed by atoms with E-state index in [1.54, 1.807) is 12.1 Å². The SMILES string of the molecule is O=C(Nc1nc2ccc(Br)cc2o1)OCc1ccccc1. The molecular weight excluding hydrogens is 336 g/mol. The molecule has 1 aromatic heterocycles. The molecule has 0 unspecified atom stereocenters. The van der Waals surface area contributed by atoms with Crippen LogP contribution in [-0.4, -0.2) is 11.1 Å². The Labute approximate surface area is 129 Å². The Morgan fingerprint density at radius 1 is 1.24 bits per heavy atom. The molecule has 0 saturated heterocycles. The van der Waals surface area contributed by atoms with E-state index >= 15 is 0 Å². The van der Waals surface area contributed by atoms with Crippen molar-refractivity contribution in [2.24, 2.45) is 0 Å². The molecule has 106 valence electrons. The predicted molar refractivity (Wildman–Crippen MR) is 82.0 cm³/mol. The molecule has 0 aliphatic heterocycles. The lowest BCUT2D eigenvalue weighted by molar-refractivity contribution is 0.154. The fraction of sp³-hybridized carbons (Fsp3) is 0.0667. The monoisotopic (exact) mass is 346 g/mol. The molecule has 0 fully saturated rings. The van der Waals surface area contributed by atoms with Crippen molar-refractivity contribution in [3.8, 4) is 0 Å². The van der Waals surface area contributed by atoms with E-state index in [1.165, 1.54) is 0 Å². The summed E-state index contributed by atoms with van der Waals surface area (Å²) in [7, 11) is 0. The fourth-order valence-corrected chi connectivity index (χ4v) is 2.14. The van der Waals surface area contributed by atoms with Crippen LogP contribution in [0.1, 0.15) is 5.56 Å². The van der Waals surface area contributed by atoms with E-state index in [0.717, 1.165) is 10.0 Å². The van der Waals surface area contributed by atoms with Crippen LogP contribution in [0.15, 0.2) is 57.4 Å². The summed E-state index contributed by atoms with van der Waals surface area (Å²) in [5, 5.41) is 2.47. The summed E-state index contributed by atoms with van der Waals surface area (Å²) < 4.78 is 11.4. The van der Waals surface area contributed by atoms with Crippen molar-refractivity contribution in [3.05, 3.63) is 58.6 Å². The maximum atomic E-state index is 11.7. The number of benzene rings is 2. The first kappa shape index (κ1) is 13.6. The molecule has 0 saturated carbocycles. The highest BCUT2D eigenvalue weighted by Gasteiger charge is 2.10. The minimum atomic E-state index is -0.607. The zero-order valence-electron chi connectivity index (χ0n) is 10.9. The topological polar surface area (TPSA) is 64.4 Å². The number of oxazole rings is 1. The van der Waals surface area contributed by atoms with Crippen LogP contribution in [-0.2, 0) is 11.3 Å².